The average Bonchev–Trinajstić information content (AvgIpc) is 3.34. The first-order valence-corrected chi connectivity index (χ1v) is 11.8. The van der Waals surface area contributed by atoms with E-state index < -0.39 is 0 Å². The molecule has 0 atom stereocenters. The van der Waals surface area contributed by atoms with Gasteiger partial charge in [0.25, 0.3) is 0 Å². The molecule has 0 spiro atoms. The molecule has 3 heterocycles. The van der Waals surface area contributed by atoms with Gasteiger partial charge in [0, 0.05) is 53.9 Å². The Hall–Kier alpha value is -4.17. The summed E-state index contributed by atoms with van der Waals surface area (Å²) in [7, 11) is 3.83. The van der Waals surface area contributed by atoms with Gasteiger partial charge in [-0.2, -0.15) is 4.52 Å². The lowest BCUT2D eigenvalue weighted by Gasteiger charge is -2.34. The van der Waals surface area contributed by atoms with E-state index >= 15 is 0 Å². The lowest BCUT2D eigenvalue weighted by atomic mass is 10.1. The maximum atomic E-state index is 5.30. The Morgan fingerprint density at radius 3 is 2.23 bits per heavy atom. The lowest BCUT2D eigenvalue weighted by molar-refractivity contribution is 0.313. The van der Waals surface area contributed by atoms with Crippen LogP contribution in [0.5, 0.6) is 5.75 Å². The molecule has 0 radical (unpaired) electrons. The predicted octanol–water partition coefficient (Wildman–Crippen LogP) is 4.45. The second kappa shape index (κ2) is 8.88. The molecule has 176 valence electrons. The molecule has 2 aromatic heterocycles. The van der Waals surface area contributed by atoms with Crippen LogP contribution in [0.25, 0.3) is 27.8 Å². The second-order valence-corrected chi connectivity index (χ2v) is 8.84. The monoisotopic (exact) mass is 465 g/mol. The van der Waals surface area contributed by atoms with Gasteiger partial charge in [-0.3, -0.25) is 0 Å². The van der Waals surface area contributed by atoms with Gasteiger partial charge in [0.2, 0.25) is 0 Å². The number of piperazine rings is 1. The van der Waals surface area contributed by atoms with E-state index in [2.05, 4.69) is 68.8 Å². The first-order valence-electron chi connectivity index (χ1n) is 11.8. The van der Waals surface area contributed by atoms with Crippen LogP contribution in [0.15, 0.2) is 72.8 Å². The fourth-order valence-electron chi connectivity index (χ4n) is 4.55. The van der Waals surface area contributed by atoms with Crippen molar-refractivity contribution in [3.63, 3.8) is 0 Å². The maximum absolute atomic E-state index is 5.30. The van der Waals surface area contributed by atoms with Crippen molar-refractivity contribution in [1.29, 1.82) is 0 Å². The zero-order chi connectivity index (χ0) is 23.8. The van der Waals surface area contributed by atoms with E-state index in [4.69, 9.17) is 9.84 Å². The predicted molar refractivity (Wildman–Crippen MR) is 140 cm³/mol. The summed E-state index contributed by atoms with van der Waals surface area (Å²) in [5, 5.41) is 19.4. The molecule has 0 aliphatic carbocycles. The molecule has 8 nitrogen and oxygen atoms in total. The molecule has 1 aliphatic rings. The summed E-state index contributed by atoms with van der Waals surface area (Å²) < 4.78 is 7.11. The molecule has 0 saturated carbocycles. The van der Waals surface area contributed by atoms with Crippen molar-refractivity contribution in [3.8, 4) is 17.1 Å². The van der Waals surface area contributed by atoms with E-state index in [9.17, 15) is 0 Å². The van der Waals surface area contributed by atoms with Crippen LogP contribution >= 0.6 is 0 Å². The third-order valence-electron chi connectivity index (χ3n) is 6.61. The number of ether oxygens (including phenoxy) is 1. The Morgan fingerprint density at radius 1 is 0.800 bits per heavy atom. The standard InChI is InChI=1S/C27H27N7O/c1-32-15-17-33(18-16-32)21-11-9-20(10-12-21)28-25-23-5-3-4-6-24(23)27-30-29-26(34(27)31-25)19-7-13-22(35-2)14-8-19/h3-14H,15-18H2,1-2H3,(H,28,31). The zero-order valence-corrected chi connectivity index (χ0v) is 19.8. The van der Waals surface area contributed by atoms with Crippen LogP contribution in [0.3, 0.4) is 0 Å². The number of benzene rings is 3. The van der Waals surface area contributed by atoms with E-state index in [1.807, 2.05) is 40.9 Å². The summed E-state index contributed by atoms with van der Waals surface area (Å²) in [4.78, 5) is 4.80. The Balaban J connectivity index is 1.37. The topological polar surface area (TPSA) is 70.8 Å². The van der Waals surface area contributed by atoms with Crippen LogP contribution in [-0.4, -0.2) is 65.0 Å². The van der Waals surface area contributed by atoms with Gasteiger partial charge >= 0.3 is 0 Å². The van der Waals surface area contributed by atoms with Gasteiger partial charge in [0.05, 0.1) is 7.11 Å². The molecule has 5 aromatic rings. The van der Waals surface area contributed by atoms with Gasteiger partial charge in [-0.25, -0.2) is 0 Å². The molecule has 3 aromatic carbocycles. The third kappa shape index (κ3) is 4.02. The molecule has 0 bridgehead atoms. The first kappa shape index (κ1) is 21.4. The summed E-state index contributed by atoms with van der Waals surface area (Å²) in [5.41, 5.74) is 3.88. The number of methoxy groups -OCH3 is 1. The molecule has 1 aliphatic heterocycles. The number of hydrogen-bond acceptors (Lipinski definition) is 7. The van der Waals surface area contributed by atoms with Crippen LogP contribution in [0.1, 0.15) is 0 Å². The van der Waals surface area contributed by atoms with E-state index in [0.29, 0.717) is 5.82 Å². The highest BCUT2D eigenvalue weighted by molar-refractivity contribution is 6.01. The smallest absolute Gasteiger partial charge is 0.186 e. The third-order valence-corrected chi connectivity index (χ3v) is 6.61. The van der Waals surface area contributed by atoms with Crippen molar-refractivity contribution in [3.05, 3.63) is 72.8 Å². The van der Waals surface area contributed by atoms with Crippen molar-refractivity contribution in [2.75, 3.05) is 50.6 Å². The number of anilines is 3. The summed E-state index contributed by atoms with van der Waals surface area (Å²) >= 11 is 0. The van der Waals surface area contributed by atoms with Crippen molar-refractivity contribution in [2.45, 2.75) is 0 Å². The number of likely N-dealkylation sites (N-methyl/N-ethyl adjacent to an activating group) is 1. The number of aromatic nitrogens is 4. The minimum absolute atomic E-state index is 0.682. The number of rotatable bonds is 5. The number of hydrogen-bond donors (Lipinski definition) is 1. The summed E-state index contributed by atoms with van der Waals surface area (Å²) in [6, 6.07) is 24.5. The fraction of sp³-hybridized carbons (Fsp3) is 0.222. The Morgan fingerprint density at radius 2 is 1.51 bits per heavy atom. The molecule has 1 saturated heterocycles. The highest BCUT2D eigenvalue weighted by Crippen LogP contribution is 2.30. The molecule has 1 N–H and O–H groups in total. The summed E-state index contributed by atoms with van der Waals surface area (Å²) in [5.74, 6) is 2.24. The molecule has 35 heavy (non-hydrogen) atoms. The molecule has 1 fully saturated rings. The number of fused-ring (bicyclic) bond motifs is 3. The summed E-state index contributed by atoms with van der Waals surface area (Å²) in [6.07, 6.45) is 0. The van der Waals surface area contributed by atoms with Gasteiger partial charge < -0.3 is 19.9 Å². The van der Waals surface area contributed by atoms with Gasteiger partial charge in [0.15, 0.2) is 17.3 Å². The van der Waals surface area contributed by atoms with Gasteiger partial charge in [-0.05, 0) is 55.6 Å². The summed E-state index contributed by atoms with van der Waals surface area (Å²) in [6.45, 7) is 4.28. The van der Waals surface area contributed by atoms with E-state index in [1.54, 1.807) is 7.11 Å². The van der Waals surface area contributed by atoms with Crippen molar-refractivity contribution in [1.82, 2.24) is 24.7 Å². The second-order valence-electron chi connectivity index (χ2n) is 8.84. The van der Waals surface area contributed by atoms with Crippen molar-refractivity contribution >= 4 is 33.6 Å². The SMILES string of the molecule is COc1ccc(-c2nnc3c4ccccc4c(Nc4ccc(N5CCN(C)CC5)cc4)nn23)cc1. The molecule has 6 rings (SSSR count). The van der Waals surface area contributed by atoms with Crippen LogP contribution in [-0.2, 0) is 0 Å². The average molecular weight is 466 g/mol. The Kier molecular flexibility index (Phi) is 5.42. The van der Waals surface area contributed by atoms with Gasteiger partial charge in [-0.1, -0.05) is 24.3 Å². The largest absolute Gasteiger partial charge is 0.497 e. The van der Waals surface area contributed by atoms with Crippen LogP contribution in [0.2, 0.25) is 0 Å². The zero-order valence-electron chi connectivity index (χ0n) is 19.8. The van der Waals surface area contributed by atoms with Crippen molar-refractivity contribution < 1.29 is 4.74 Å². The molecule has 0 amide bonds. The van der Waals surface area contributed by atoms with E-state index in [-0.39, 0.29) is 0 Å². The quantitative estimate of drug-likeness (QED) is 0.411. The Bertz CT molecular complexity index is 1470. The molecular formula is C27H27N7O. The molecule has 0 unspecified atom stereocenters. The van der Waals surface area contributed by atoms with Gasteiger partial charge in [-0.15, -0.1) is 15.3 Å². The minimum atomic E-state index is 0.682. The lowest BCUT2D eigenvalue weighted by Crippen LogP contribution is -2.44. The van der Waals surface area contributed by atoms with Crippen molar-refractivity contribution in [2.24, 2.45) is 0 Å². The van der Waals surface area contributed by atoms with Gasteiger partial charge in [0.1, 0.15) is 5.75 Å². The fourth-order valence-corrected chi connectivity index (χ4v) is 4.55. The minimum Gasteiger partial charge on any atom is -0.497 e. The Labute approximate surface area is 203 Å². The first-order chi connectivity index (χ1) is 17.2. The highest BCUT2D eigenvalue weighted by Gasteiger charge is 2.17. The van der Waals surface area contributed by atoms with E-state index in [1.165, 1.54) is 5.69 Å². The highest BCUT2D eigenvalue weighted by atomic mass is 16.5. The van der Waals surface area contributed by atoms with Crippen LogP contribution in [0.4, 0.5) is 17.2 Å². The number of nitrogens with one attached hydrogen (secondary N) is 1. The molecule has 8 heteroatoms. The van der Waals surface area contributed by atoms with Crippen LogP contribution in [0, 0.1) is 0 Å². The maximum Gasteiger partial charge on any atom is 0.186 e. The normalized spacial score (nSPS) is 14.5. The number of nitrogens with zero attached hydrogens (tertiary/aromatic N) is 6. The van der Waals surface area contributed by atoms with E-state index in [0.717, 1.165) is 65.4 Å². The molecular weight excluding hydrogens is 438 g/mol. The van der Waals surface area contributed by atoms with Crippen LogP contribution < -0.4 is 15.0 Å².